The first-order chi connectivity index (χ1) is 12.8. The second-order valence-electron chi connectivity index (χ2n) is 7.43. The summed E-state index contributed by atoms with van der Waals surface area (Å²) in [5.41, 5.74) is 2.50. The average molecular weight is 387 g/mol. The van der Waals surface area contributed by atoms with Crippen LogP contribution in [0.3, 0.4) is 0 Å². The predicted octanol–water partition coefficient (Wildman–Crippen LogP) is 3.98. The van der Waals surface area contributed by atoms with Gasteiger partial charge < -0.3 is 4.90 Å². The Bertz CT molecular complexity index is 946. The summed E-state index contributed by atoms with van der Waals surface area (Å²) < 4.78 is 28.4. The van der Waals surface area contributed by atoms with E-state index in [9.17, 15) is 13.2 Å². The van der Waals surface area contributed by atoms with E-state index >= 15 is 0 Å². The number of carbonyl (C=O) groups is 1. The van der Waals surface area contributed by atoms with Gasteiger partial charge in [0, 0.05) is 24.3 Å². The number of aryl methyl sites for hydroxylation is 2. The minimum absolute atomic E-state index is 0.103. The van der Waals surface area contributed by atoms with Crippen molar-refractivity contribution in [2.45, 2.75) is 38.5 Å². The quantitative estimate of drug-likeness (QED) is 0.864. The van der Waals surface area contributed by atoms with Crippen LogP contribution in [0.5, 0.6) is 0 Å². The fourth-order valence-electron chi connectivity index (χ4n) is 3.34. The first kappa shape index (κ1) is 19.4. The zero-order valence-electron chi connectivity index (χ0n) is 16.0. The highest BCUT2D eigenvalue weighted by Gasteiger charge is 2.24. The number of nitrogens with zero attached hydrogens (tertiary/aromatic N) is 1. The molecular weight excluding hydrogens is 360 g/mol. The molecule has 2 aromatic carbocycles. The SMILES string of the molecule is Cc1cccc(NS(=O)(=O)c2cc(C(=O)N3CCC(C)CC3)ccc2C)c1. The molecule has 1 heterocycles. The molecule has 2 aromatic rings. The fraction of sp³-hybridized carbons (Fsp3) is 0.381. The molecule has 0 aliphatic carbocycles. The molecule has 1 fully saturated rings. The topological polar surface area (TPSA) is 66.5 Å². The molecule has 144 valence electrons. The van der Waals surface area contributed by atoms with E-state index in [4.69, 9.17) is 0 Å². The van der Waals surface area contributed by atoms with Crippen molar-refractivity contribution >= 4 is 21.6 Å². The molecule has 1 N–H and O–H groups in total. The largest absolute Gasteiger partial charge is 0.339 e. The Morgan fingerprint density at radius 2 is 1.78 bits per heavy atom. The number of carbonyl (C=O) groups excluding carboxylic acids is 1. The van der Waals surface area contributed by atoms with Crippen molar-refractivity contribution in [1.29, 1.82) is 0 Å². The van der Waals surface area contributed by atoms with Gasteiger partial charge in [0.1, 0.15) is 0 Å². The van der Waals surface area contributed by atoms with Crippen LogP contribution >= 0.6 is 0 Å². The number of benzene rings is 2. The zero-order valence-corrected chi connectivity index (χ0v) is 16.8. The molecule has 27 heavy (non-hydrogen) atoms. The molecule has 0 radical (unpaired) electrons. The predicted molar refractivity (Wildman–Crippen MR) is 107 cm³/mol. The van der Waals surface area contributed by atoms with E-state index in [0.29, 0.717) is 22.7 Å². The highest BCUT2D eigenvalue weighted by atomic mass is 32.2. The van der Waals surface area contributed by atoms with Crippen molar-refractivity contribution in [3.8, 4) is 0 Å². The zero-order chi connectivity index (χ0) is 19.6. The Hall–Kier alpha value is -2.34. The average Bonchev–Trinajstić information content (AvgIpc) is 2.61. The van der Waals surface area contributed by atoms with Crippen molar-refractivity contribution in [3.05, 3.63) is 59.2 Å². The first-order valence-electron chi connectivity index (χ1n) is 9.26. The molecule has 1 saturated heterocycles. The van der Waals surface area contributed by atoms with Crippen LogP contribution in [0.2, 0.25) is 0 Å². The molecule has 1 amide bonds. The first-order valence-corrected chi connectivity index (χ1v) is 10.7. The van der Waals surface area contributed by atoms with Gasteiger partial charge >= 0.3 is 0 Å². The molecule has 0 saturated carbocycles. The summed E-state index contributed by atoms with van der Waals surface area (Å²) in [5.74, 6) is 0.524. The maximum atomic E-state index is 12.9. The maximum Gasteiger partial charge on any atom is 0.262 e. The number of piperidine rings is 1. The summed E-state index contributed by atoms with van der Waals surface area (Å²) in [6.45, 7) is 7.27. The van der Waals surface area contributed by atoms with Crippen LogP contribution < -0.4 is 4.72 Å². The summed E-state index contributed by atoms with van der Waals surface area (Å²) in [7, 11) is -3.78. The van der Waals surface area contributed by atoms with Crippen LogP contribution in [0.25, 0.3) is 0 Å². The number of likely N-dealkylation sites (tertiary alicyclic amines) is 1. The Balaban J connectivity index is 1.87. The van der Waals surface area contributed by atoms with Gasteiger partial charge in [-0.05, 0) is 68.0 Å². The molecule has 0 aromatic heterocycles. The van der Waals surface area contributed by atoms with Crippen LogP contribution in [-0.4, -0.2) is 32.3 Å². The number of rotatable bonds is 4. The molecule has 1 aliphatic rings. The van der Waals surface area contributed by atoms with E-state index in [1.54, 1.807) is 37.3 Å². The van der Waals surface area contributed by atoms with E-state index in [1.807, 2.05) is 17.9 Å². The lowest BCUT2D eigenvalue weighted by Crippen LogP contribution is -2.38. The lowest BCUT2D eigenvalue weighted by molar-refractivity contribution is 0.0697. The Morgan fingerprint density at radius 1 is 1.07 bits per heavy atom. The molecular formula is C21H26N2O3S. The molecule has 3 rings (SSSR count). The van der Waals surface area contributed by atoms with Gasteiger partial charge in [-0.25, -0.2) is 8.42 Å². The van der Waals surface area contributed by atoms with Gasteiger partial charge in [0.05, 0.1) is 4.90 Å². The third kappa shape index (κ3) is 4.50. The molecule has 0 atom stereocenters. The van der Waals surface area contributed by atoms with Crippen molar-refractivity contribution < 1.29 is 13.2 Å². The lowest BCUT2D eigenvalue weighted by atomic mass is 9.98. The number of nitrogens with one attached hydrogen (secondary N) is 1. The summed E-state index contributed by atoms with van der Waals surface area (Å²) >= 11 is 0. The van der Waals surface area contributed by atoms with Gasteiger partial charge in [0.15, 0.2) is 0 Å². The minimum Gasteiger partial charge on any atom is -0.339 e. The van der Waals surface area contributed by atoms with Crippen molar-refractivity contribution in [3.63, 3.8) is 0 Å². The fourth-order valence-corrected chi connectivity index (χ4v) is 4.66. The summed E-state index contributed by atoms with van der Waals surface area (Å²) in [6, 6.07) is 12.1. The summed E-state index contributed by atoms with van der Waals surface area (Å²) in [6.07, 6.45) is 1.97. The van der Waals surface area contributed by atoms with Gasteiger partial charge in [-0.3, -0.25) is 9.52 Å². The standard InChI is InChI=1S/C21H26N2O3S/c1-15-9-11-23(12-10-15)21(24)18-8-7-17(3)20(14-18)27(25,26)22-19-6-4-5-16(2)13-19/h4-8,13-15,22H,9-12H2,1-3H3. The summed E-state index contributed by atoms with van der Waals surface area (Å²) in [4.78, 5) is 14.8. The van der Waals surface area contributed by atoms with E-state index in [-0.39, 0.29) is 10.8 Å². The third-order valence-corrected chi connectivity index (χ3v) is 6.59. The van der Waals surface area contributed by atoms with Gasteiger partial charge in [-0.15, -0.1) is 0 Å². The van der Waals surface area contributed by atoms with Crippen LogP contribution in [0, 0.1) is 19.8 Å². The van der Waals surface area contributed by atoms with E-state index in [2.05, 4.69) is 11.6 Å². The molecule has 1 aliphatic heterocycles. The van der Waals surface area contributed by atoms with E-state index < -0.39 is 10.0 Å². The Labute approximate surface area is 161 Å². The lowest BCUT2D eigenvalue weighted by Gasteiger charge is -2.30. The number of amides is 1. The van der Waals surface area contributed by atoms with Gasteiger partial charge in [-0.2, -0.15) is 0 Å². The highest BCUT2D eigenvalue weighted by Crippen LogP contribution is 2.23. The Kier molecular flexibility index (Phi) is 5.56. The van der Waals surface area contributed by atoms with Crippen LogP contribution in [0.4, 0.5) is 5.69 Å². The number of hydrogen-bond acceptors (Lipinski definition) is 3. The second-order valence-corrected chi connectivity index (χ2v) is 9.08. The normalized spacial score (nSPS) is 15.6. The van der Waals surface area contributed by atoms with Crippen molar-refractivity contribution in [2.75, 3.05) is 17.8 Å². The molecule has 0 unspecified atom stereocenters. The van der Waals surface area contributed by atoms with Gasteiger partial charge in [0.25, 0.3) is 15.9 Å². The van der Waals surface area contributed by atoms with Crippen LogP contribution in [0.15, 0.2) is 47.4 Å². The molecule has 0 bridgehead atoms. The molecule has 6 heteroatoms. The number of hydrogen-bond donors (Lipinski definition) is 1. The third-order valence-electron chi connectivity index (χ3n) is 5.07. The summed E-state index contributed by atoms with van der Waals surface area (Å²) in [5, 5.41) is 0. The maximum absolute atomic E-state index is 12.9. The minimum atomic E-state index is -3.78. The highest BCUT2D eigenvalue weighted by molar-refractivity contribution is 7.92. The van der Waals surface area contributed by atoms with Gasteiger partial charge in [0.2, 0.25) is 0 Å². The van der Waals surface area contributed by atoms with Gasteiger partial charge in [-0.1, -0.05) is 25.1 Å². The van der Waals surface area contributed by atoms with Crippen LogP contribution in [-0.2, 0) is 10.0 Å². The van der Waals surface area contributed by atoms with Crippen LogP contribution in [0.1, 0.15) is 41.3 Å². The van der Waals surface area contributed by atoms with E-state index in [1.165, 1.54) is 6.07 Å². The van der Waals surface area contributed by atoms with Crippen molar-refractivity contribution in [2.24, 2.45) is 5.92 Å². The van der Waals surface area contributed by atoms with E-state index in [0.717, 1.165) is 31.5 Å². The number of anilines is 1. The molecule has 0 spiro atoms. The monoisotopic (exact) mass is 386 g/mol. The smallest absolute Gasteiger partial charge is 0.262 e. The number of sulfonamides is 1. The molecule has 5 nitrogen and oxygen atoms in total. The van der Waals surface area contributed by atoms with Crippen molar-refractivity contribution in [1.82, 2.24) is 4.90 Å². The second kappa shape index (κ2) is 7.72. The Morgan fingerprint density at radius 3 is 2.44 bits per heavy atom.